The Balaban J connectivity index is 1.96. The number of nitrogens with one attached hydrogen (secondary N) is 2. The van der Waals surface area contributed by atoms with Gasteiger partial charge in [0.25, 0.3) is 0 Å². The van der Waals surface area contributed by atoms with E-state index in [1.807, 2.05) is 25.7 Å². The maximum atomic E-state index is 14.2. The number of nitrogens with zero attached hydrogens (tertiary/aromatic N) is 1. The van der Waals surface area contributed by atoms with Crippen molar-refractivity contribution >= 4 is 23.9 Å². The first-order valence-electron chi connectivity index (χ1n) is 8.03. The fourth-order valence-corrected chi connectivity index (χ4v) is 2.74. The normalized spacial score (nSPS) is 15.8. The summed E-state index contributed by atoms with van der Waals surface area (Å²) in [7, 11) is 0. The van der Waals surface area contributed by atoms with Crippen molar-refractivity contribution < 1.29 is 18.7 Å². The minimum atomic E-state index is -0.534. The Labute approximate surface area is 141 Å². The Morgan fingerprint density at radius 3 is 2.58 bits per heavy atom. The molecule has 24 heavy (non-hydrogen) atoms. The number of anilines is 2. The van der Waals surface area contributed by atoms with E-state index in [2.05, 4.69) is 10.6 Å². The summed E-state index contributed by atoms with van der Waals surface area (Å²) in [5.74, 6) is -0.375. The minimum Gasteiger partial charge on any atom is -0.444 e. The molecule has 1 aromatic rings. The summed E-state index contributed by atoms with van der Waals surface area (Å²) in [5, 5.41) is 5.38. The number of ether oxygens (including phenoxy) is 1. The minimum absolute atomic E-state index is 0.00893. The molecule has 1 heterocycles. The van der Waals surface area contributed by atoms with Gasteiger partial charge in [-0.1, -0.05) is 6.07 Å². The van der Waals surface area contributed by atoms with Gasteiger partial charge in [0, 0.05) is 19.1 Å². The highest BCUT2D eigenvalue weighted by Crippen LogP contribution is 2.31. The third kappa shape index (κ3) is 4.84. The topological polar surface area (TPSA) is 70.7 Å². The second-order valence-corrected chi connectivity index (χ2v) is 6.81. The number of carbonyl (C=O) groups excluding carboxylic acids is 2. The van der Waals surface area contributed by atoms with E-state index in [0.717, 1.165) is 0 Å². The summed E-state index contributed by atoms with van der Waals surface area (Å²) in [6.07, 6.45) is 1.45. The summed E-state index contributed by atoms with van der Waals surface area (Å²) in [4.78, 5) is 24.4. The van der Waals surface area contributed by atoms with Crippen LogP contribution in [0.3, 0.4) is 0 Å². The average Bonchev–Trinajstić information content (AvgIpc) is 2.47. The first kappa shape index (κ1) is 18.0. The molecule has 1 aromatic carbocycles. The van der Waals surface area contributed by atoms with Crippen LogP contribution in [0.2, 0.25) is 0 Å². The number of halogens is 1. The van der Waals surface area contributed by atoms with E-state index in [1.54, 1.807) is 12.1 Å². The molecule has 2 N–H and O–H groups in total. The molecule has 1 aliphatic rings. The number of alkyl carbamates (subject to hydrolysis) is 1. The summed E-state index contributed by atoms with van der Waals surface area (Å²) >= 11 is 0. The summed E-state index contributed by atoms with van der Waals surface area (Å²) in [6.45, 7) is 6.60. The van der Waals surface area contributed by atoms with E-state index >= 15 is 0 Å². The molecule has 7 heteroatoms. The monoisotopic (exact) mass is 337 g/mol. The van der Waals surface area contributed by atoms with Crippen molar-refractivity contribution in [3.05, 3.63) is 24.0 Å². The zero-order chi connectivity index (χ0) is 17.7. The van der Waals surface area contributed by atoms with Gasteiger partial charge in [0.1, 0.15) is 11.4 Å². The van der Waals surface area contributed by atoms with E-state index < -0.39 is 11.7 Å². The van der Waals surface area contributed by atoms with Crippen LogP contribution in [0.15, 0.2) is 18.2 Å². The number of piperidine rings is 1. The molecule has 2 rings (SSSR count). The molecule has 1 fully saturated rings. The van der Waals surface area contributed by atoms with Crippen molar-refractivity contribution in [3.8, 4) is 0 Å². The highest BCUT2D eigenvalue weighted by Gasteiger charge is 2.26. The van der Waals surface area contributed by atoms with Gasteiger partial charge in [0.15, 0.2) is 0 Å². The van der Waals surface area contributed by atoms with Crippen LogP contribution in [-0.2, 0) is 9.53 Å². The van der Waals surface area contributed by atoms with Crippen LogP contribution >= 0.6 is 0 Å². The molecular weight excluding hydrogens is 313 g/mol. The van der Waals surface area contributed by atoms with E-state index in [9.17, 15) is 14.0 Å². The molecule has 6 nitrogen and oxygen atoms in total. The Kier molecular flexibility index (Phi) is 5.64. The highest BCUT2D eigenvalue weighted by atomic mass is 19.1. The maximum absolute atomic E-state index is 14.2. The fourth-order valence-electron chi connectivity index (χ4n) is 2.74. The van der Waals surface area contributed by atoms with Crippen molar-refractivity contribution in [2.24, 2.45) is 0 Å². The van der Waals surface area contributed by atoms with Crippen LogP contribution in [0.1, 0.15) is 33.6 Å². The third-order valence-electron chi connectivity index (χ3n) is 3.73. The van der Waals surface area contributed by atoms with Gasteiger partial charge < -0.3 is 20.3 Å². The Bertz CT molecular complexity index is 593. The van der Waals surface area contributed by atoms with Gasteiger partial charge in [-0.15, -0.1) is 0 Å². The molecule has 0 radical (unpaired) electrons. The van der Waals surface area contributed by atoms with E-state index in [1.165, 1.54) is 6.07 Å². The summed E-state index contributed by atoms with van der Waals surface area (Å²) in [5.41, 5.74) is 0.303. The van der Waals surface area contributed by atoms with E-state index in [4.69, 9.17) is 4.74 Å². The molecule has 1 aliphatic heterocycles. The number of rotatable bonds is 4. The smallest absolute Gasteiger partial charge is 0.407 e. The molecule has 0 bridgehead atoms. The molecule has 2 amide bonds. The largest absolute Gasteiger partial charge is 0.444 e. The lowest BCUT2D eigenvalue weighted by molar-refractivity contribution is -0.105. The number of para-hydroxylation sites is 1. The van der Waals surface area contributed by atoms with Gasteiger partial charge in [-0.2, -0.15) is 0 Å². The molecule has 132 valence electrons. The zero-order valence-corrected chi connectivity index (χ0v) is 14.3. The maximum Gasteiger partial charge on any atom is 0.407 e. The summed E-state index contributed by atoms with van der Waals surface area (Å²) < 4.78 is 19.4. The fraction of sp³-hybridized carbons (Fsp3) is 0.529. The molecule has 0 saturated carbocycles. The molecular formula is C17H24FN3O3. The number of hydrogen-bond acceptors (Lipinski definition) is 4. The first-order valence-corrected chi connectivity index (χ1v) is 8.03. The second kappa shape index (κ2) is 7.51. The summed E-state index contributed by atoms with van der Waals surface area (Å²) in [6, 6.07) is 4.58. The van der Waals surface area contributed by atoms with Crippen LogP contribution in [-0.4, -0.2) is 37.2 Å². The Morgan fingerprint density at radius 1 is 1.33 bits per heavy atom. The molecule has 1 saturated heterocycles. The van der Waals surface area contributed by atoms with Gasteiger partial charge in [0.05, 0.1) is 11.4 Å². The van der Waals surface area contributed by atoms with E-state index in [0.29, 0.717) is 43.7 Å². The molecule has 0 aliphatic carbocycles. The van der Waals surface area contributed by atoms with Gasteiger partial charge in [-0.3, -0.25) is 4.79 Å². The van der Waals surface area contributed by atoms with Crippen molar-refractivity contribution in [2.75, 3.05) is 23.3 Å². The number of carbonyl (C=O) groups is 2. The molecule has 0 unspecified atom stereocenters. The van der Waals surface area contributed by atoms with Crippen LogP contribution in [0.5, 0.6) is 0 Å². The van der Waals surface area contributed by atoms with Crippen LogP contribution in [0.25, 0.3) is 0 Å². The lowest BCUT2D eigenvalue weighted by Gasteiger charge is -2.35. The zero-order valence-electron chi connectivity index (χ0n) is 14.3. The average molecular weight is 337 g/mol. The van der Waals surface area contributed by atoms with Crippen LogP contribution < -0.4 is 15.5 Å². The number of hydrogen-bond donors (Lipinski definition) is 2. The Morgan fingerprint density at radius 2 is 2.00 bits per heavy atom. The molecule has 0 spiro atoms. The lowest BCUT2D eigenvalue weighted by atomic mass is 10.0. The first-order chi connectivity index (χ1) is 11.3. The second-order valence-electron chi connectivity index (χ2n) is 6.81. The predicted molar refractivity (Wildman–Crippen MR) is 90.7 cm³/mol. The van der Waals surface area contributed by atoms with Crippen LogP contribution in [0.4, 0.5) is 20.6 Å². The van der Waals surface area contributed by atoms with Crippen molar-refractivity contribution in [3.63, 3.8) is 0 Å². The van der Waals surface area contributed by atoms with Crippen molar-refractivity contribution in [1.82, 2.24) is 5.32 Å². The quantitative estimate of drug-likeness (QED) is 0.829. The van der Waals surface area contributed by atoms with Crippen molar-refractivity contribution in [1.29, 1.82) is 0 Å². The molecule has 0 atom stereocenters. The number of amides is 2. The SMILES string of the molecule is CC(C)(C)OC(=O)NC1CCN(c2c(F)cccc2NC=O)CC1. The lowest BCUT2D eigenvalue weighted by Crippen LogP contribution is -2.46. The van der Waals surface area contributed by atoms with Crippen LogP contribution in [0, 0.1) is 5.82 Å². The van der Waals surface area contributed by atoms with Crippen molar-refractivity contribution in [2.45, 2.75) is 45.3 Å². The Hall–Kier alpha value is -2.31. The van der Waals surface area contributed by atoms with Gasteiger partial charge >= 0.3 is 6.09 Å². The molecule has 0 aromatic heterocycles. The third-order valence-corrected chi connectivity index (χ3v) is 3.73. The number of benzene rings is 1. The standard InChI is InChI=1S/C17H24FN3O3/c1-17(2,3)24-16(23)20-12-7-9-21(10-8-12)15-13(18)5-4-6-14(15)19-11-22/h4-6,11-12H,7-10H2,1-3H3,(H,19,22)(H,20,23). The van der Waals surface area contributed by atoms with E-state index in [-0.39, 0.29) is 11.9 Å². The predicted octanol–water partition coefficient (Wildman–Crippen LogP) is 2.89. The van der Waals surface area contributed by atoms with Gasteiger partial charge in [-0.25, -0.2) is 9.18 Å². The highest BCUT2D eigenvalue weighted by molar-refractivity contribution is 5.81. The van der Waals surface area contributed by atoms with Gasteiger partial charge in [-0.05, 0) is 45.7 Å². The van der Waals surface area contributed by atoms with Gasteiger partial charge in [0.2, 0.25) is 6.41 Å².